The van der Waals surface area contributed by atoms with Gasteiger partial charge in [0.2, 0.25) is 11.7 Å². The van der Waals surface area contributed by atoms with Crippen LogP contribution in [0.4, 0.5) is 5.69 Å². The number of hydrogen-bond acceptors (Lipinski definition) is 7. The Morgan fingerprint density at radius 1 is 1.43 bits per heavy atom. The van der Waals surface area contributed by atoms with Gasteiger partial charge < -0.3 is 14.6 Å². The van der Waals surface area contributed by atoms with Gasteiger partial charge in [-0.1, -0.05) is 17.3 Å². The lowest BCUT2D eigenvalue weighted by molar-refractivity contribution is -0.384. The van der Waals surface area contributed by atoms with Crippen molar-refractivity contribution in [1.82, 2.24) is 15.5 Å². The number of hydrogen-bond donors (Lipinski definition) is 1. The van der Waals surface area contributed by atoms with Crippen molar-refractivity contribution in [3.8, 4) is 11.4 Å². The third-order valence-electron chi connectivity index (χ3n) is 3.23. The van der Waals surface area contributed by atoms with Crippen LogP contribution < -0.4 is 5.32 Å². The van der Waals surface area contributed by atoms with E-state index in [0.717, 1.165) is 6.54 Å². The third-order valence-corrected chi connectivity index (χ3v) is 3.23. The van der Waals surface area contributed by atoms with Crippen molar-refractivity contribution in [3.05, 3.63) is 40.3 Å². The highest BCUT2D eigenvalue weighted by molar-refractivity contribution is 5.67. The summed E-state index contributed by atoms with van der Waals surface area (Å²) in [6.45, 7) is 2.07. The molecule has 0 amide bonds. The molecule has 21 heavy (non-hydrogen) atoms. The monoisotopic (exact) mass is 290 g/mol. The first-order valence-corrected chi connectivity index (χ1v) is 6.61. The summed E-state index contributed by atoms with van der Waals surface area (Å²) in [5.74, 6) is 0.667. The average molecular weight is 290 g/mol. The molecule has 2 aromatic rings. The van der Waals surface area contributed by atoms with Crippen LogP contribution in [-0.2, 0) is 11.2 Å². The van der Waals surface area contributed by atoms with Crippen molar-refractivity contribution in [1.29, 1.82) is 0 Å². The number of para-hydroxylation sites is 1. The number of benzene rings is 1. The minimum absolute atomic E-state index is 0.0380. The zero-order chi connectivity index (χ0) is 14.7. The van der Waals surface area contributed by atoms with E-state index >= 15 is 0 Å². The van der Waals surface area contributed by atoms with Gasteiger partial charge >= 0.3 is 0 Å². The molecule has 1 saturated heterocycles. The number of nitrogens with one attached hydrogen (secondary N) is 1. The molecular formula is C13H14N4O4. The molecule has 2 heterocycles. The molecule has 0 saturated carbocycles. The summed E-state index contributed by atoms with van der Waals surface area (Å²) < 4.78 is 10.5. The molecule has 1 fully saturated rings. The van der Waals surface area contributed by atoms with Gasteiger partial charge in [0.15, 0.2) is 0 Å². The van der Waals surface area contributed by atoms with Crippen LogP contribution >= 0.6 is 0 Å². The van der Waals surface area contributed by atoms with E-state index in [1.165, 1.54) is 6.07 Å². The Morgan fingerprint density at radius 3 is 3.05 bits per heavy atom. The molecule has 0 aliphatic carbocycles. The average Bonchev–Trinajstić information content (AvgIpc) is 2.96. The maximum atomic E-state index is 11.0. The zero-order valence-electron chi connectivity index (χ0n) is 11.2. The van der Waals surface area contributed by atoms with Crippen molar-refractivity contribution in [2.75, 3.05) is 19.8 Å². The van der Waals surface area contributed by atoms with Gasteiger partial charge in [0.25, 0.3) is 5.69 Å². The Balaban J connectivity index is 1.80. The summed E-state index contributed by atoms with van der Waals surface area (Å²) in [5.41, 5.74) is 0.314. The minimum Gasteiger partial charge on any atom is -0.378 e. The molecule has 1 unspecified atom stereocenters. The van der Waals surface area contributed by atoms with E-state index in [4.69, 9.17) is 9.26 Å². The standard InChI is InChI=1S/C13H14N4O4/c18-17(19)11-4-2-1-3-10(11)13-15-12(21-16-13)7-9-8-20-6-5-14-9/h1-4,9,14H,5-8H2. The van der Waals surface area contributed by atoms with Crippen LogP contribution in [0.15, 0.2) is 28.8 Å². The zero-order valence-corrected chi connectivity index (χ0v) is 11.2. The van der Waals surface area contributed by atoms with Crippen LogP contribution in [0.3, 0.4) is 0 Å². The molecule has 1 aromatic carbocycles. The molecule has 0 bridgehead atoms. The Kier molecular flexibility index (Phi) is 3.89. The number of nitrogens with zero attached hydrogens (tertiary/aromatic N) is 3. The van der Waals surface area contributed by atoms with Crippen molar-refractivity contribution in [3.63, 3.8) is 0 Å². The number of morpholine rings is 1. The Labute approximate surface area is 120 Å². The number of ether oxygens (including phenoxy) is 1. The molecule has 1 aliphatic heterocycles. The second-order valence-corrected chi connectivity index (χ2v) is 4.72. The van der Waals surface area contributed by atoms with Crippen LogP contribution in [0.1, 0.15) is 5.89 Å². The smallest absolute Gasteiger partial charge is 0.280 e. The van der Waals surface area contributed by atoms with Gasteiger partial charge in [0.05, 0.1) is 18.1 Å². The molecule has 8 nitrogen and oxygen atoms in total. The molecule has 1 N–H and O–H groups in total. The largest absolute Gasteiger partial charge is 0.378 e. The molecule has 0 radical (unpaired) electrons. The minimum atomic E-state index is -0.456. The number of rotatable bonds is 4. The van der Waals surface area contributed by atoms with E-state index in [9.17, 15) is 10.1 Å². The van der Waals surface area contributed by atoms with Gasteiger partial charge in [-0.2, -0.15) is 4.98 Å². The Morgan fingerprint density at radius 2 is 2.29 bits per heavy atom. The lowest BCUT2D eigenvalue weighted by Gasteiger charge is -2.22. The number of nitro benzene ring substituents is 1. The van der Waals surface area contributed by atoms with Crippen LogP contribution in [0.5, 0.6) is 0 Å². The van der Waals surface area contributed by atoms with Gasteiger partial charge in [0.1, 0.15) is 5.56 Å². The summed E-state index contributed by atoms with van der Waals surface area (Å²) in [5, 5.41) is 18.1. The maximum absolute atomic E-state index is 11.0. The predicted octanol–water partition coefficient (Wildman–Crippen LogP) is 1.18. The summed E-state index contributed by atoms with van der Waals surface area (Å²) in [4.78, 5) is 14.8. The molecular weight excluding hydrogens is 276 g/mol. The molecule has 1 aromatic heterocycles. The molecule has 3 rings (SSSR count). The highest BCUT2D eigenvalue weighted by Gasteiger charge is 2.21. The van der Waals surface area contributed by atoms with Crippen LogP contribution in [0, 0.1) is 10.1 Å². The fourth-order valence-electron chi connectivity index (χ4n) is 2.23. The predicted molar refractivity (Wildman–Crippen MR) is 72.7 cm³/mol. The topological polar surface area (TPSA) is 103 Å². The van der Waals surface area contributed by atoms with Crippen LogP contribution in [0.25, 0.3) is 11.4 Å². The van der Waals surface area contributed by atoms with Gasteiger partial charge in [-0.3, -0.25) is 10.1 Å². The van der Waals surface area contributed by atoms with E-state index in [1.54, 1.807) is 18.2 Å². The first-order valence-electron chi connectivity index (χ1n) is 6.61. The van der Waals surface area contributed by atoms with Crippen LogP contribution in [-0.4, -0.2) is 40.9 Å². The molecule has 1 atom stereocenters. The molecule has 8 heteroatoms. The van der Waals surface area contributed by atoms with E-state index in [-0.39, 0.29) is 17.6 Å². The van der Waals surface area contributed by atoms with Crippen molar-refractivity contribution < 1.29 is 14.2 Å². The van der Waals surface area contributed by atoms with Crippen LogP contribution in [0.2, 0.25) is 0 Å². The van der Waals surface area contributed by atoms with Crippen molar-refractivity contribution in [2.24, 2.45) is 0 Å². The molecule has 0 spiro atoms. The molecule has 110 valence electrons. The Bertz CT molecular complexity index is 637. The number of aromatic nitrogens is 2. The summed E-state index contributed by atoms with van der Waals surface area (Å²) in [7, 11) is 0. The van der Waals surface area contributed by atoms with Crippen molar-refractivity contribution >= 4 is 5.69 Å². The van der Waals surface area contributed by atoms with E-state index in [1.807, 2.05) is 0 Å². The van der Waals surface area contributed by atoms with Gasteiger partial charge in [-0.05, 0) is 6.07 Å². The Hall–Kier alpha value is -2.32. The first-order chi connectivity index (χ1) is 10.2. The van der Waals surface area contributed by atoms with Gasteiger partial charge in [-0.15, -0.1) is 0 Å². The highest BCUT2D eigenvalue weighted by atomic mass is 16.6. The second-order valence-electron chi connectivity index (χ2n) is 4.72. The van der Waals surface area contributed by atoms with E-state index < -0.39 is 4.92 Å². The second kappa shape index (κ2) is 5.98. The normalized spacial score (nSPS) is 18.6. The maximum Gasteiger partial charge on any atom is 0.280 e. The quantitative estimate of drug-likeness (QED) is 0.666. The first kappa shape index (κ1) is 13.7. The third kappa shape index (κ3) is 3.06. The number of nitro groups is 1. The van der Waals surface area contributed by atoms with E-state index in [2.05, 4.69) is 15.5 Å². The van der Waals surface area contributed by atoms with Gasteiger partial charge in [0, 0.05) is 25.1 Å². The highest BCUT2D eigenvalue weighted by Crippen LogP contribution is 2.27. The molecule has 1 aliphatic rings. The lowest BCUT2D eigenvalue weighted by atomic mass is 10.1. The SMILES string of the molecule is O=[N+]([O-])c1ccccc1-c1noc(CC2COCCN2)n1. The lowest BCUT2D eigenvalue weighted by Crippen LogP contribution is -2.42. The van der Waals surface area contributed by atoms with Gasteiger partial charge in [-0.25, -0.2) is 0 Å². The summed E-state index contributed by atoms with van der Waals surface area (Å²) in [6, 6.07) is 6.45. The fourth-order valence-corrected chi connectivity index (χ4v) is 2.23. The van der Waals surface area contributed by atoms with Crippen molar-refractivity contribution in [2.45, 2.75) is 12.5 Å². The summed E-state index contributed by atoms with van der Waals surface area (Å²) >= 11 is 0. The summed E-state index contributed by atoms with van der Waals surface area (Å²) in [6.07, 6.45) is 0.535. The van der Waals surface area contributed by atoms with E-state index in [0.29, 0.717) is 31.1 Å². The fraction of sp³-hybridized carbons (Fsp3) is 0.385.